The second-order valence-corrected chi connectivity index (χ2v) is 6.51. The molecule has 0 bridgehead atoms. The van der Waals surface area contributed by atoms with E-state index in [1.807, 2.05) is 18.2 Å². The standard InChI is InChI=1S/C20H17NO4/c22-19(23)12-6-4-11(5-7-12)18-15-3-1-2-14(15)16-10-13(20(24)25)8-9-17(16)21-18/h1-2,4-10,14-15,18,21H,3H2,(H,22,23)(H,24,25). The van der Waals surface area contributed by atoms with Crippen molar-refractivity contribution >= 4 is 17.6 Å². The largest absolute Gasteiger partial charge is 0.478 e. The number of anilines is 1. The molecule has 3 unspecified atom stereocenters. The first kappa shape index (κ1) is 15.4. The molecule has 0 fully saturated rings. The molecule has 5 nitrogen and oxygen atoms in total. The summed E-state index contributed by atoms with van der Waals surface area (Å²) < 4.78 is 0. The van der Waals surface area contributed by atoms with Crippen molar-refractivity contribution in [3.8, 4) is 0 Å². The summed E-state index contributed by atoms with van der Waals surface area (Å²) in [5.74, 6) is -1.41. The van der Waals surface area contributed by atoms with Gasteiger partial charge in [-0.3, -0.25) is 0 Å². The number of hydrogen-bond donors (Lipinski definition) is 3. The molecule has 0 aromatic heterocycles. The molecule has 1 aliphatic heterocycles. The summed E-state index contributed by atoms with van der Waals surface area (Å²) in [4.78, 5) is 22.3. The molecule has 2 aromatic rings. The van der Waals surface area contributed by atoms with Crippen LogP contribution in [0.1, 0.15) is 50.2 Å². The molecule has 126 valence electrons. The molecule has 0 radical (unpaired) electrons. The fourth-order valence-electron chi connectivity index (χ4n) is 3.89. The van der Waals surface area contributed by atoms with Crippen molar-refractivity contribution in [2.24, 2.45) is 5.92 Å². The van der Waals surface area contributed by atoms with Crippen molar-refractivity contribution in [2.45, 2.75) is 18.4 Å². The smallest absolute Gasteiger partial charge is 0.335 e. The van der Waals surface area contributed by atoms with Crippen LogP contribution in [0.2, 0.25) is 0 Å². The average molecular weight is 335 g/mol. The predicted octanol–water partition coefficient (Wildman–Crippen LogP) is 3.91. The lowest BCUT2D eigenvalue weighted by Gasteiger charge is -2.37. The van der Waals surface area contributed by atoms with Gasteiger partial charge in [-0.2, -0.15) is 0 Å². The van der Waals surface area contributed by atoms with Gasteiger partial charge in [0, 0.05) is 11.6 Å². The van der Waals surface area contributed by atoms with Crippen LogP contribution in [-0.4, -0.2) is 22.2 Å². The minimum atomic E-state index is -0.935. The van der Waals surface area contributed by atoms with Crippen LogP contribution in [0.5, 0.6) is 0 Å². The van der Waals surface area contributed by atoms with Gasteiger partial charge in [0.25, 0.3) is 0 Å². The summed E-state index contributed by atoms with van der Waals surface area (Å²) in [5, 5.41) is 21.8. The molecule has 0 saturated heterocycles. The van der Waals surface area contributed by atoms with Crippen LogP contribution in [0.3, 0.4) is 0 Å². The quantitative estimate of drug-likeness (QED) is 0.740. The van der Waals surface area contributed by atoms with E-state index in [2.05, 4.69) is 17.5 Å². The Morgan fingerprint density at radius 1 is 0.960 bits per heavy atom. The maximum Gasteiger partial charge on any atom is 0.335 e. The third-order valence-corrected chi connectivity index (χ3v) is 5.13. The van der Waals surface area contributed by atoms with E-state index in [1.165, 1.54) is 0 Å². The van der Waals surface area contributed by atoms with E-state index in [4.69, 9.17) is 5.11 Å². The van der Waals surface area contributed by atoms with Gasteiger partial charge in [0.1, 0.15) is 0 Å². The lowest BCUT2D eigenvalue weighted by atomic mass is 9.76. The topological polar surface area (TPSA) is 86.6 Å². The van der Waals surface area contributed by atoms with Crippen LogP contribution in [0.15, 0.2) is 54.6 Å². The number of rotatable bonds is 3. The Morgan fingerprint density at radius 3 is 2.32 bits per heavy atom. The van der Waals surface area contributed by atoms with Crippen LogP contribution in [0, 0.1) is 5.92 Å². The minimum absolute atomic E-state index is 0.0611. The van der Waals surface area contributed by atoms with Crippen molar-refractivity contribution in [3.63, 3.8) is 0 Å². The molecule has 2 aromatic carbocycles. The van der Waals surface area contributed by atoms with E-state index < -0.39 is 11.9 Å². The SMILES string of the molecule is O=C(O)c1ccc(C2Nc3ccc(C(=O)O)cc3C3C=CCC32)cc1. The van der Waals surface area contributed by atoms with Gasteiger partial charge in [-0.15, -0.1) is 0 Å². The lowest BCUT2D eigenvalue weighted by molar-refractivity contribution is 0.0686. The number of allylic oxidation sites excluding steroid dienone is 2. The molecule has 25 heavy (non-hydrogen) atoms. The molecule has 4 rings (SSSR count). The van der Waals surface area contributed by atoms with Gasteiger partial charge in [0.15, 0.2) is 0 Å². The number of fused-ring (bicyclic) bond motifs is 3. The van der Waals surface area contributed by atoms with Gasteiger partial charge in [-0.25, -0.2) is 9.59 Å². The Morgan fingerprint density at radius 2 is 1.64 bits per heavy atom. The average Bonchev–Trinajstić information content (AvgIpc) is 3.10. The Hall–Kier alpha value is -3.08. The normalized spacial score (nSPS) is 23.4. The van der Waals surface area contributed by atoms with Crippen LogP contribution in [-0.2, 0) is 0 Å². The molecular weight excluding hydrogens is 318 g/mol. The summed E-state index contributed by atoms with van der Waals surface area (Å²) in [6, 6.07) is 12.2. The Labute approximate surface area is 144 Å². The number of carboxylic acid groups (broad SMARTS) is 2. The van der Waals surface area contributed by atoms with E-state index >= 15 is 0 Å². The minimum Gasteiger partial charge on any atom is -0.478 e. The van der Waals surface area contributed by atoms with E-state index in [0.717, 1.165) is 23.2 Å². The van der Waals surface area contributed by atoms with Crippen molar-refractivity contribution in [3.05, 3.63) is 76.9 Å². The molecule has 3 N–H and O–H groups in total. The number of carbonyl (C=O) groups is 2. The summed E-state index contributed by atoms with van der Waals surface area (Å²) >= 11 is 0. The van der Waals surface area contributed by atoms with Gasteiger partial charge in [0.2, 0.25) is 0 Å². The van der Waals surface area contributed by atoms with Crippen LogP contribution in [0.25, 0.3) is 0 Å². The Balaban J connectivity index is 1.72. The van der Waals surface area contributed by atoms with Crippen LogP contribution >= 0.6 is 0 Å². The first-order valence-corrected chi connectivity index (χ1v) is 8.18. The number of aromatic carboxylic acids is 2. The Bertz CT molecular complexity index is 885. The monoisotopic (exact) mass is 335 g/mol. The summed E-state index contributed by atoms with van der Waals surface area (Å²) in [7, 11) is 0. The number of benzene rings is 2. The van der Waals surface area contributed by atoms with E-state index in [1.54, 1.807) is 24.3 Å². The highest BCUT2D eigenvalue weighted by Crippen LogP contribution is 2.49. The molecule has 2 aliphatic rings. The molecule has 1 aliphatic carbocycles. The van der Waals surface area contributed by atoms with E-state index in [-0.39, 0.29) is 23.4 Å². The molecule has 0 amide bonds. The van der Waals surface area contributed by atoms with Crippen LogP contribution in [0.4, 0.5) is 5.69 Å². The second kappa shape index (κ2) is 5.77. The molecule has 1 heterocycles. The first-order valence-electron chi connectivity index (χ1n) is 8.18. The maximum atomic E-state index is 11.3. The summed E-state index contributed by atoms with van der Waals surface area (Å²) in [6.45, 7) is 0. The van der Waals surface area contributed by atoms with Crippen molar-refractivity contribution in [2.75, 3.05) is 5.32 Å². The Kier molecular flexibility index (Phi) is 3.57. The number of hydrogen-bond acceptors (Lipinski definition) is 3. The molecular formula is C20H17NO4. The third kappa shape index (κ3) is 2.58. The third-order valence-electron chi connectivity index (χ3n) is 5.13. The fourth-order valence-corrected chi connectivity index (χ4v) is 3.89. The zero-order valence-corrected chi connectivity index (χ0v) is 13.3. The summed E-state index contributed by atoms with van der Waals surface area (Å²) in [5.41, 5.74) is 3.55. The lowest BCUT2D eigenvalue weighted by Crippen LogP contribution is -2.29. The number of nitrogens with one attached hydrogen (secondary N) is 1. The highest BCUT2D eigenvalue weighted by molar-refractivity contribution is 5.89. The van der Waals surface area contributed by atoms with Gasteiger partial charge in [-0.05, 0) is 53.8 Å². The fraction of sp³-hybridized carbons (Fsp3) is 0.200. The molecule has 3 atom stereocenters. The van der Waals surface area contributed by atoms with Gasteiger partial charge in [0.05, 0.1) is 17.2 Å². The summed E-state index contributed by atoms with van der Waals surface area (Å²) in [6.07, 6.45) is 5.19. The van der Waals surface area contributed by atoms with Gasteiger partial charge in [-0.1, -0.05) is 24.3 Å². The molecule has 0 spiro atoms. The van der Waals surface area contributed by atoms with E-state index in [0.29, 0.717) is 5.56 Å². The zero-order valence-electron chi connectivity index (χ0n) is 13.3. The van der Waals surface area contributed by atoms with Gasteiger partial charge < -0.3 is 15.5 Å². The van der Waals surface area contributed by atoms with Gasteiger partial charge >= 0.3 is 11.9 Å². The second-order valence-electron chi connectivity index (χ2n) is 6.51. The highest BCUT2D eigenvalue weighted by atomic mass is 16.4. The molecule has 0 saturated carbocycles. The first-order chi connectivity index (χ1) is 12.0. The van der Waals surface area contributed by atoms with Crippen molar-refractivity contribution < 1.29 is 19.8 Å². The highest BCUT2D eigenvalue weighted by Gasteiger charge is 2.38. The van der Waals surface area contributed by atoms with E-state index in [9.17, 15) is 14.7 Å². The zero-order chi connectivity index (χ0) is 17.6. The molecule has 5 heteroatoms. The predicted molar refractivity (Wildman–Crippen MR) is 93.2 cm³/mol. The van der Waals surface area contributed by atoms with Crippen LogP contribution < -0.4 is 5.32 Å². The maximum absolute atomic E-state index is 11.3. The van der Waals surface area contributed by atoms with Crippen molar-refractivity contribution in [1.82, 2.24) is 0 Å². The number of carboxylic acids is 2. The van der Waals surface area contributed by atoms with Crippen molar-refractivity contribution in [1.29, 1.82) is 0 Å².